The number of unbranched alkanes of at least 4 members (excludes halogenated alkanes) is 1. The van der Waals surface area contributed by atoms with E-state index in [0.717, 1.165) is 19.5 Å². The van der Waals surface area contributed by atoms with E-state index in [1.54, 1.807) is 0 Å². The Kier molecular flexibility index (Phi) is 5.04. The van der Waals surface area contributed by atoms with Gasteiger partial charge in [-0.05, 0) is 30.6 Å². The van der Waals surface area contributed by atoms with Crippen LogP contribution in [-0.2, 0) is 14.4 Å². The van der Waals surface area contributed by atoms with Crippen molar-refractivity contribution in [2.24, 2.45) is 11.3 Å². The van der Waals surface area contributed by atoms with Gasteiger partial charge in [0, 0.05) is 38.2 Å². The second kappa shape index (κ2) is 6.63. The molecular weight excluding hydrogens is 280 g/mol. The molecule has 122 valence electrons. The molecule has 0 aromatic carbocycles. The lowest BCUT2D eigenvalue weighted by Gasteiger charge is -2.27. The number of hydrogen-bond donors (Lipinski definition) is 0. The fourth-order valence-electron chi connectivity index (χ4n) is 3.05. The summed E-state index contributed by atoms with van der Waals surface area (Å²) in [7, 11) is 0. The van der Waals surface area contributed by atoms with Crippen molar-refractivity contribution in [1.82, 2.24) is 9.80 Å². The van der Waals surface area contributed by atoms with Gasteiger partial charge in [-0.1, -0.05) is 20.8 Å². The molecule has 3 amide bonds. The Balaban J connectivity index is 1.67. The van der Waals surface area contributed by atoms with E-state index in [2.05, 4.69) is 20.8 Å². The van der Waals surface area contributed by atoms with Crippen LogP contribution in [0.15, 0.2) is 12.2 Å². The molecule has 0 bridgehead atoms. The molecule has 0 aliphatic carbocycles. The highest BCUT2D eigenvalue weighted by Crippen LogP contribution is 2.33. The Morgan fingerprint density at radius 1 is 1.18 bits per heavy atom. The second-order valence-electron chi connectivity index (χ2n) is 7.31. The standard InChI is InChI=1S/C17H26N2O3/c1-17(2,3)13-9-11-18(12-13)14(20)6-4-5-10-19-15(21)7-8-16(19)22/h7-8,13H,4-6,9-12H2,1-3H3/t13-/m0/s1. The van der Waals surface area contributed by atoms with Crippen LogP contribution in [0.3, 0.4) is 0 Å². The van der Waals surface area contributed by atoms with Crippen molar-refractivity contribution < 1.29 is 14.4 Å². The number of imide groups is 1. The zero-order chi connectivity index (χ0) is 16.3. The largest absolute Gasteiger partial charge is 0.342 e. The van der Waals surface area contributed by atoms with E-state index in [1.165, 1.54) is 17.1 Å². The monoisotopic (exact) mass is 306 g/mol. The van der Waals surface area contributed by atoms with E-state index in [0.29, 0.717) is 31.7 Å². The second-order valence-corrected chi connectivity index (χ2v) is 7.31. The molecule has 5 heteroatoms. The minimum absolute atomic E-state index is 0.198. The van der Waals surface area contributed by atoms with Crippen LogP contribution in [0.2, 0.25) is 0 Å². The molecule has 0 N–H and O–H groups in total. The van der Waals surface area contributed by atoms with Gasteiger partial charge in [0.25, 0.3) is 11.8 Å². The number of hydrogen-bond acceptors (Lipinski definition) is 3. The summed E-state index contributed by atoms with van der Waals surface area (Å²) >= 11 is 0. The van der Waals surface area contributed by atoms with Crippen molar-refractivity contribution in [3.8, 4) is 0 Å². The maximum Gasteiger partial charge on any atom is 0.253 e. The Morgan fingerprint density at radius 3 is 2.36 bits per heavy atom. The number of rotatable bonds is 5. The number of likely N-dealkylation sites (tertiary alicyclic amines) is 1. The Hall–Kier alpha value is -1.65. The predicted octanol–water partition coefficient (Wildman–Crippen LogP) is 1.98. The highest BCUT2D eigenvalue weighted by Gasteiger charge is 2.33. The molecule has 2 heterocycles. The topological polar surface area (TPSA) is 57.7 Å². The Labute approximate surface area is 132 Å². The summed E-state index contributed by atoms with van der Waals surface area (Å²) < 4.78 is 0. The van der Waals surface area contributed by atoms with Crippen LogP contribution in [0, 0.1) is 11.3 Å². The van der Waals surface area contributed by atoms with Gasteiger partial charge in [-0.2, -0.15) is 0 Å². The molecule has 2 aliphatic rings. The van der Waals surface area contributed by atoms with Gasteiger partial charge in [-0.3, -0.25) is 19.3 Å². The molecule has 0 saturated carbocycles. The zero-order valence-electron chi connectivity index (χ0n) is 13.8. The highest BCUT2D eigenvalue weighted by molar-refractivity contribution is 6.12. The molecule has 2 rings (SSSR count). The van der Waals surface area contributed by atoms with Crippen LogP contribution in [0.1, 0.15) is 46.5 Å². The van der Waals surface area contributed by atoms with Gasteiger partial charge < -0.3 is 4.90 Å². The maximum absolute atomic E-state index is 12.2. The molecule has 0 aromatic heterocycles. The first kappa shape index (κ1) is 16.7. The molecule has 0 radical (unpaired) electrons. The Bertz CT molecular complexity index is 473. The van der Waals surface area contributed by atoms with E-state index in [1.807, 2.05) is 4.90 Å². The van der Waals surface area contributed by atoms with Crippen molar-refractivity contribution in [3.63, 3.8) is 0 Å². The average molecular weight is 306 g/mol. The third-order valence-corrected chi connectivity index (χ3v) is 4.69. The lowest BCUT2D eigenvalue weighted by atomic mass is 9.80. The van der Waals surface area contributed by atoms with Crippen molar-refractivity contribution in [2.45, 2.75) is 46.5 Å². The summed E-state index contributed by atoms with van der Waals surface area (Å²) in [5.74, 6) is 0.277. The first-order valence-electron chi connectivity index (χ1n) is 8.10. The molecule has 1 fully saturated rings. The summed E-state index contributed by atoms with van der Waals surface area (Å²) in [5, 5.41) is 0. The maximum atomic E-state index is 12.2. The highest BCUT2D eigenvalue weighted by atomic mass is 16.2. The smallest absolute Gasteiger partial charge is 0.253 e. The molecular formula is C17H26N2O3. The van der Waals surface area contributed by atoms with Crippen LogP contribution in [0.4, 0.5) is 0 Å². The summed E-state index contributed by atoms with van der Waals surface area (Å²) in [6.07, 6.45) is 5.57. The lowest BCUT2D eigenvalue weighted by Crippen LogP contribution is -2.32. The van der Waals surface area contributed by atoms with Crippen molar-refractivity contribution >= 4 is 17.7 Å². The first-order chi connectivity index (χ1) is 10.3. The zero-order valence-corrected chi connectivity index (χ0v) is 13.8. The van der Waals surface area contributed by atoms with Crippen LogP contribution < -0.4 is 0 Å². The molecule has 22 heavy (non-hydrogen) atoms. The SMILES string of the molecule is CC(C)(C)[C@H]1CCN(C(=O)CCCCN2C(=O)C=CC2=O)C1. The molecule has 1 atom stereocenters. The third-order valence-electron chi connectivity index (χ3n) is 4.69. The summed E-state index contributed by atoms with van der Waals surface area (Å²) in [6, 6.07) is 0. The van der Waals surface area contributed by atoms with Crippen LogP contribution >= 0.6 is 0 Å². The van der Waals surface area contributed by atoms with Crippen molar-refractivity contribution in [1.29, 1.82) is 0 Å². The lowest BCUT2D eigenvalue weighted by molar-refractivity contribution is -0.136. The number of carbonyl (C=O) groups is 3. The van der Waals surface area contributed by atoms with Crippen molar-refractivity contribution in [2.75, 3.05) is 19.6 Å². The molecule has 2 aliphatic heterocycles. The predicted molar refractivity (Wildman–Crippen MR) is 83.9 cm³/mol. The van der Waals surface area contributed by atoms with E-state index >= 15 is 0 Å². The minimum atomic E-state index is -0.246. The van der Waals surface area contributed by atoms with Gasteiger partial charge in [0.15, 0.2) is 0 Å². The average Bonchev–Trinajstić information content (AvgIpc) is 3.04. The Morgan fingerprint density at radius 2 is 1.82 bits per heavy atom. The number of amides is 3. The van der Waals surface area contributed by atoms with Crippen LogP contribution in [0.5, 0.6) is 0 Å². The molecule has 0 unspecified atom stereocenters. The normalized spacial score (nSPS) is 22.0. The fourth-order valence-corrected chi connectivity index (χ4v) is 3.05. The van der Waals surface area contributed by atoms with Gasteiger partial charge in [0.05, 0.1) is 0 Å². The third kappa shape index (κ3) is 3.96. The van der Waals surface area contributed by atoms with E-state index in [4.69, 9.17) is 0 Å². The summed E-state index contributed by atoms with van der Waals surface area (Å²) in [5.41, 5.74) is 0.249. The van der Waals surface area contributed by atoms with Gasteiger partial charge in [0.2, 0.25) is 5.91 Å². The van der Waals surface area contributed by atoms with E-state index in [9.17, 15) is 14.4 Å². The first-order valence-corrected chi connectivity index (χ1v) is 8.10. The van der Waals surface area contributed by atoms with Gasteiger partial charge in [0.1, 0.15) is 0 Å². The molecule has 0 spiro atoms. The number of carbonyl (C=O) groups excluding carboxylic acids is 3. The van der Waals surface area contributed by atoms with Gasteiger partial charge >= 0.3 is 0 Å². The summed E-state index contributed by atoms with van der Waals surface area (Å²) in [4.78, 5) is 38.2. The van der Waals surface area contributed by atoms with Gasteiger partial charge in [-0.25, -0.2) is 0 Å². The summed E-state index contributed by atoms with van der Waals surface area (Å²) in [6.45, 7) is 8.79. The minimum Gasteiger partial charge on any atom is -0.342 e. The molecule has 5 nitrogen and oxygen atoms in total. The van der Waals surface area contributed by atoms with E-state index < -0.39 is 0 Å². The van der Waals surface area contributed by atoms with Crippen molar-refractivity contribution in [3.05, 3.63) is 12.2 Å². The van der Waals surface area contributed by atoms with Crippen LogP contribution in [-0.4, -0.2) is 47.2 Å². The number of nitrogens with zero attached hydrogens (tertiary/aromatic N) is 2. The van der Waals surface area contributed by atoms with Crippen LogP contribution in [0.25, 0.3) is 0 Å². The molecule has 1 saturated heterocycles. The fraction of sp³-hybridized carbons (Fsp3) is 0.706. The van der Waals surface area contributed by atoms with Gasteiger partial charge in [-0.15, -0.1) is 0 Å². The van der Waals surface area contributed by atoms with E-state index in [-0.39, 0.29) is 23.1 Å². The molecule has 0 aromatic rings. The quantitative estimate of drug-likeness (QED) is 0.576.